The first-order chi connectivity index (χ1) is 15.1. The van der Waals surface area contributed by atoms with Gasteiger partial charge in [0.1, 0.15) is 18.0 Å². The standard InChI is InChI=1S/C26H34O6/c1-7-15-29-21-14-12-17(3)23-19(21)9-8-10-22-24(32-26(5,6)31-22)20(27)13-11-16(2)18(4)30-25(23)28/h8-9,11-14,16,18,22,24H,7,10,15H2,1-6H3/b9-8+,13-11-/t16-,18+,22+,24-/m1/s1. The third-order valence-corrected chi connectivity index (χ3v) is 5.79. The van der Waals surface area contributed by atoms with Crippen LogP contribution in [-0.4, -0.2) is 42.5 Å². The summed E-state index contributed by atoms with van der Waals surface area (Å²) in [6.07, 6.45) is 6.83. The van der Waals surface area contributed by atoms with Crippen molar-refractivity contribution in [2.45, 2.75) is 78.5 Å². The monoisotopic (exact) mass is 442 g/mol. The van der Waals surface area contributed by atoms with E-state index in [2.05, 4.69) is 0 Å². The van der Waals surface area contributed by atoms with Crippen molar-refractivity contribution in [1.82, 2.24) is 0 Å². The van der Waals surface area contributed by atoms with Gasteiger partial charge in [0, 0.05) is 11.5 Å². The Kier molecular flexibility index (Phi) is 7.57. The van der Waals surface area contributed by atoms with E-state index in [0.29, 0.717) is 29.9 Å². The summed E-state index contributed by atoms with van der Waals surface area (Å²) < 4.78 is 23.6. The number of ketones is 1. The lowest BCUT2D eigenvalue weighted by Gasteiger charge is -2.21. The van der Waals surface area contributed by atoms with Gasteiger partial charge in [-0.15, -0.1) is 0 Å². The summed E-state index contributed by atoms with van der Waals surface area (Å²) in [5.41, 5.74) is 1.99. The van der Waals surface area contributed by atoms with Gasteiger partial charge in [-0.25, -0.2) is 4.79 Å². The number of fused-ring (bicyclic) bond motifs is 2. The molecule has 6 heteroatoms. The van der Waals surface area contributed by atoms with Crippen LogP contribution < -0.4 is 4.74 Å². The lowest BCUT2D eigenvalue weighted by Crippen LogP contribution is -2.30. The van der Waals surface area contributed by atoms with E-state index in [-0.39, 0.29) is 11.7 Å². The fourth-order valence-electron chi connectivity index (χ4n) is 3.89. The van der Waals surface area contributed by atoms with E-state index in [1.165, 1.54) is 6.08 Å². The highest BCUT2D eigenvalue weighted by Crippen LogP contribution is 2.33. The van der Waals surface area contributed by atoms with Crippen molar-refractivity contribution >= 4 is 17.8 Å². The first-order valence-corrected chi connectivity index (χ1v) is 11.3. The summed E-state index contributed by atoms with van der Waals surface area (Å²) in [4.78, 5) is 26.0. The highest BCUT2D eigenvalue weighted by atomic mass is 16.8. The Morgan fingerprint density at radius 2 is 1.88 bits per heavy atom. The average Bonchev–Trinajstić information content (AvgIpc) is 3.04. The van der Waals surface area contributed by atoms with Gasteiger partial charge < -0.3 is 18.9 Å². The molecule has 0 unspecified atom stereocenters. The van der Waals surface area contributed by atoms with Gasteiger partial charge in [-0.3, -0.25) is 4.79 Å². The number of cyclic esters (lactones) is 1. The molecule has 0 aliphatic carbocycles. The molecule has 4 atom stereocenters. The maximum atomic E-state index is 13.2. The molecule has 0 bridgehead atoms. The molecule has 0 N–H and O–H groups in total. The second kappa shape index (κ2) is 10.0. The third kappa shape index (κ3) is 5.48. The lowest BCUT2D eigenvalue weighted by molar-refractivity contribution is -0.152. The van der Waals surface area contributed by atoms with E-state index in [4.69, 9.17) is 18.9 Å². The summed E-state index contributed by atoms with van der Waals surface area (Å²) in [7, 11) is 0. The number of aryl methyl sites for hydroxylation is 1. The molecule has 2 heterocycles. The van der Waals surface area contributed by atoms with Crippen LogP contribution in [0.25, 0.3) is 6.08 Å². The third-order valence-electron chi connectivity index (χ3n) is 5.79. The molecule has 6 nitrogen and oxygen atoms in total. The molecule has 1 aromatic carbocycles. The maximum Gasteiger partial charge on any atom is 0.339 e. The van der Waals surface area contributed by atoms with Crippen LogP contribution in [0.4, 0.5) is 0 Å². The number of hydrogen-bond acceptors (Lipinski definition) is 6. The molecule has 0 aromatic heterocycles. The number of benzene rings is 1. The van der Waals surface area contributed by atoms with Crippen LogP contribution in [0.3, 0.4) is 0 Å². The van der Waals surface area contributed by atoms with Crippen LogP contribution in [0.1, 0.15) is 68.9 Å². The van der Waals surface area contributed by atoms with Crippen LogP contribution in [0.15, 0.2) is 30.4 Å². The van der Waals surface area contributed by atoms with Gasteiger partial charge in [0.05, 0.1) is 18.3 Å². The van der Waals surface area contributed by atoms with E-state index in [0.717, 1.165) is 12.0 Å². The Morgan fingerprint density at radius 1 is 1.12 bits per heavy atom. The quantitative estimate of drug-likeness (QED) is 0.612. The molecule has 174 valence electrons. The van der Waals surface area contributed by atoms with Gasteiger partial charge in [0.2, 0.25) is 0 Å². The molecule has 0 saturated carbocycles. The second-order valence-corrected chi connectivity index (χ2v) is 8.98. The molecule has 1 fully saturated rings. The number of esters is 1. The summed E-state index contributed by atoms with van der Waals surface area (Å²) in [5.74, 6) is -0.926. The topological polar surface area (TPSA) is 71.1 Å². The summed E-state index contributed by atoms with van der Waals surface area (Å²) >= 11 is 0. The molecule has 1 saturated heterocycles. The number of carbonyl (C=O) groups is 2. The predicted octanol–water partition coefficient (Wildman–Crippen LogP) is 5.03. The molecular weight excluding hydrogens is 408 g/mol. The smallest absolute Gasteiger partial charge is 0.339 e. The zero-order valence-electron chi connectivity index (χ0n) is 19.8. The fraction of sp³-hybridized carbons (Fsp3) is 0.538. The fourth-order valence-corrected chi connectivity index (χ4v) is 3.89. The van der Waals surface area contributed by atoms with Gasteiger partial charge in [-0.05, 0) is 58.2 Å². The van der Waals surface area contributed by atoms with Crippen molar-refractivity contribution in [2.75, 3.05) is 6.61 Å². The summed E-state index contributed by atoms with van der Waals surface area (Å²) in [6, 6.07) is 3.76. The van der Waals surface area contributed by atoms with Gasteiger partial charge in [-0.1, -0.05) is 38.1 Å². The average molecular weight is 443 g/mol. The number of hydrogen-bond donors (Lipinski definition) is 0. The van der Waals surface area contributed by atoms with E-state index in [1.54, 1.807) is 19.9 Å². The van der Waals surface area contributed by atoms with Crippen LogP contribution in [0, 0.1) is 12.8 Å². The molecule has 2 aliphatic heterocycles. The first-order valence-electron chi connectivity index (χ1n) is 11.3. The second-order valence-electron chi connectivity index (χ2n) is 8.98. The number of rotatable bonds is 3. The van der Waals surface area contributed by atoms with Crippen LogP contribution >= 0.6 is 0 Å². The van der Waals surface area contributed by atoms with Crippen LogP contribution in [-0.2, 0) is 19.0 Å². The molecule has 32 heavy (non-hydrogen) atoms. The van der Waals surface area contributed by atoms with Crippen molar-refractivity contribution in [3.8, 4) is 5.75 Å². The van der Waals surface area contributed by atoms with E-state index in [1.807, 2.05) is 52.0 Å². The Bertz CT molecular complexity index is 913. The van der Waals surface area contributed by atoms with E-state index in [9.17, 15) is 9.59 Å². The molecule has 0 radical (unpaired) electrons. The normalized spacial score (nSPS) is 29.9. The van der Waals surface area contributed by atoms with Crippen molar-refractivity contribution in [1.29, 1.82) is 0 Å². The summed E-state index contributed by atoms with van der Waals surface area (Å²) in [6.45, 7) is 11.8. The van der Waals surface area contributed by atoms with Crippen molar-refractivity contribution in [3.63, 3.8) is 0 Å². The Hall–Kier alpha value is -2.44. The van der Waals surface area contributed by atoms with E-state index >= 15 is 0 Å². The minimum Gasteiger partial charge on any atom is -0.493 e. The lowest BCUT2D eigenvalue weighted by atomic mass is 9.97. The zero-order valence-corrected chi connectivity index (χ0v) is 19.8. The maximum absolute atomic E-state index is 13.2. The highest BCUT2D eigenvalue weighted by molar-refractivity contribution is 5.97. The largest absolute Gasteiger partial charge is 0.493 e. The van der Waals surface area contributed by atoms with Gasteiger partial charge in [-0.2, -0.15) is 0 Å². The van der Waals surface area contributed by atoms with Gasteiger partial charge in [0.15, 0.2) is 11.6 Å². The van der Waals surface area contributed by atoms with Crippen molar-refractivity contribution < 1.29 is 28.5 Å². The SMILES string of the molecule is CCCOc1ccc(C)c2c1/C=C/C[C@@H]1OC(C)(C)O[C@@H]1C(=O)/C=C\[C@@H](C)[C@H](C)OC2=O. The summed E-state index contributed by atoms with van der Waals surface area (Å²) in [5, 5.41) is 0. The van der Waals surface area contributed by atoms with E-state index < -0.39 is 30.1 Å². The first kappa shape index (κ1) is 24.2. The van der Waals surface area contributed by atoms with Crippen LogP contribution in [0.5, 0.6) is 5.75 Å². The minimum absolute atomic E-state index is 0.153. The zero-order chi connectivity index (χ0) is 23.5. The Balaban J connectivity index is 2.06. The van der Waals surface area contributed by atoms with Crippen molar-refractivity contribution in [2.24, 2.45) is 5.92 Å². The number of ether oxygens (including phenoxy) is 4. The minimum atomic E-state index is -0.845. The molecule has 0 amide bonds. The molecule has 1 aromatic rings. The van der Waals surface area contributed by atoms with Crippen molar-refractivity contribution in [3.05, 3.63) is 47.1 Å². The molecular formula is C26H34O6. The Morgan fingerprint density at radius 3 is 2.59 bits per heavy atom. The molecule has 0 spiro atoms. The Labute approximate surface area is 190 Å². The van der Waals surface area contributed by atoms with Gasteiger partial charge >= 0.3 is 5.97 Å². The predicted molar refractivity (Wildman–Crippen MR) is 123 cm³/mol. The van der Waals surface area contributed by atoms with Crippen LogP contribution in [0.2, 0.25) is 0 Å². The number of carbonyl (C=O) groups excluding carboxylic acids is 2. The molecule has 2 aliphatic rings. The van der Waals surface area contributed by atoms with Gasteiger partial charge in [0.25, 0.3) is 0 Å². The highest BCUT2D eigenvalue weighted by Gasteiger charge is 2.43. The molecule has 3 rings (SSSR count).